The van der Waals surface area contributed by atoms with Crippen molar-refractivity contribution in [3.63, 3.8) is 0 Å². The van der Waals surface area contributed by atoms with Crippen molar-refractivity contribution < 1.29 is 9.18 Å². The topological polar surface area (TPSA) is 35.9 Å². The highest BCUT2D eigenvalue weighted by Gasteiger charge is 2.33. The van der Waals surface area contributed by atoms with Crippen LogP contribution in [0, 0.1) is 5.82 Å². The normalized spacial score (nSPS) is 15.9. The first-order valence-electron chi connectivity index (χ1n) is 9.52. The molecular weight excluding hydrogens is 365 g/mol. The Labute approximate surface area is 169 Å². The third-order valence-electron chi connectivity index (χ3n) is 5.11. The number of nitrogens with zero attached hydrogens (tertiary/aromatic N) is 3. The Hall–Kier alpha value is -3.47. The van der Waals surface area contributed by atoms with Gasteiger partial charge >= 0.3 is 0 Å². The third kappa shape index (κ3) is 3.90. The highest BCUT2D eigenvalue weighted by atomic mass is 19.1. The van der Waals surface area contributed by atoms with E-state index in [-0.39, 0.29) is 17.8 Å². The standard InChI is InChI=1S/C24H22FN3O/c1-27(2)21-14-10-18(11-15-21)23-16-22(17-6-4-3-5-7-17)26-28(23)24(29)19-8-12-20(25)13-9-19/h3-15,23H,16H2,1-2H3/t23-/m0/s1. The van der Waals surface area contributed by atoms with Crippen molar-refractivity contribution in [2.45, 2.75) is 12.5 Å². The summed E-state index contributed by atoms with van der Waals surface area (Å²) in [5, 5.41) is 6.20. The van der Waals surface area contributed by atoms with Crippen molar-refractivity contribution >= 4 is 17.3 Å². The Morgan fingerprint density at radius 2 is 1.62 bits per heavy atom. The Kier molecular flexibility index (Phi) is 5.12. The fourth-order valence-corrected chi connectivity index (χ4v) is 3.48. The van der Waals surface area contributed by atoms with Gasteiger partial charge in [-0.05, 0) is 47.5 Å². The summed E-state index contributed by atoms with van der Waals surface area (Å²) in [4.78, 5) is 15.2. The summed E-state index contributed by atoms with van der Waals surface area (Å²) in [7, 11) is 3.98. The molecule has 0 saturated heterocycles. The maximum absolute atomic E-state index is 13.3. The van der Waals surface area contributed by atoms with Crippen molar-refractivity contribution in [1.82, 2.24) is 5.01 Å². The molecule has 1 aliphatic heterocycles. The number of hydrazone groups is 1. The van der Waals surface area contributed by atoms with Crippen molar-refractivity contribution in [3.8, 4) is 0 Å². The minimum atomic E-state index is -0.368. The van der Waals surface area contributed by atoms with Gasteiger partial charge in [0.25, 0.3) is 5.91 Å². The molecule has 146 valence electrons. The molecule has 0 saturated carbocycles. The Balaban J connectivity index is 1.70. The van der Waals surface area contributed by atoms with E-state index in [9.17, 15) is 9.18 Å². The van der Waals surface area contributed by atoms with Gasteiger partial charge in [0.2, 0.25) is 0 Å². The summed E-state index contributed by atoms with van der Waals surface area (Å²) in [6.07, 6.45) is 0.623. The zero-order chi connectivity index (χ0) is 20.4. The molecule has 5 heteroatoms. The van der Waals surface area contributed by atoms with Gasteiger partial charge in [-0.3, -0.25) is 4.79 Å². The van der Waals surface area contributed by atoms with E-state index in [1.54, 1.807) is 0 Å². The number of carbonyl (C=O) groups excluding carboxylic acids is 1. The van der Waals surface area contributed by atoms with Crippen LogP contribution in [0.2, 0.25) is 0 Å². The van der Waals surface area contributed by atoms with Gasteiger partial charge in [-0.1, -0.05) is 42.5 Å². The van der Waals surface area contributed by atoms with Crippen LogP contribution in [0.15, 0.2) is 84.0 Å². The molecule has 3 aromatic rings. The summed E-state index contributed by atoms with van der Waals surface area (Å²) in [6.45, 7) is 0. The molecule has 0 N–H and O–H groups in total. The van der Waals surface area contributed by atoms with E-state index in [4.69, 9.17) is 0 Å². The lowest BCUT2D eigenvalue weighted by Crippen LogP contribution is -2.27. The average Bonchev–Trinajstić information content (AvgIpc) is 3.20. The molecule has 0 unspecified atom stereocenters. The molecule has 0 radical (unpaired) electrons. The van der Waals surface area contributed by atoms with E-state index in [2.05, 4.69) is 5.10 Å². The summed E-state index contributed by atoms with van der Waals surface area (Å²) < 4.78 is 13.3. The fourth-order valence-electron chi connectivity index (χ4n) is 3.48. The van der Waals surface area contributed by atoms with Crippen LogP contribution in [-0.2, 0) is 0 Å². The molecular formula is C24H22FN3O. The average molecular weight is 387 g/mol. The number of rotatable bonds is 4. The quantitative estimate of drug-likeness (QED) is 0.639. The van der Waals surface area contributed by atoms with Crippen LogP contribution in [0.25, 0.3) is 0 Å². The van der Waals surface area contributed by atoms with Crippen LogP contribution in [0.4, 0.5) is 10.1 Å². The van der Waals surface area contributed by atoms with Crippen LogP contribution >= 0.6 is 0 Å². The molecule has 4 rings (SSSR count). The molecule has 29 heavy (non-hydrogen) atoms. The Bertz CT molecular complexity index is 1030. The Morgan fingerprint density at radius 3 is 2.24 bits per heavy atom. The number of carbonyl (C=O) groups is 1. The molecule has 0 aromatic heterocycles. The first-order chi connectivity index (χ1) is 14.0. The van der Waals surface area contributed by atoms with Gasteiger partial charge in [0.05, 0.1) is 11.8 Å². The van der Waals surface area contributed by atoms with Crippen LogP contribution in [0.5, 0.6) is 0 Å². The lowest BCUT2D eigenvalue weighted by atomic mass is 9.98. The second kappa shape index (κ2) is 7.87. The number of hydrogen-bond acceptors (Lipinski definition) is 3. The molecule has 4 nitrogen and oxygen atoms in total. The molecule has 1 aliphatic rings. The number of halogens is 1. The number of hydrogen-bond donors (Lipinski definition) is 0. The van der Waals surface area contributed by atoms with Crippen LogP contribution < -0.4 is 4.90 Å². The van der Waals surface area contributed by atoms with Crippen molar-refractivity contribution in [3.05, 3.63) is 101 Å². The number of amides is 1. The minimum Gasteiger partial charge on any atom is -0.378 e. The molecule has 0 fully saturated rings. The van der Waals surface area contributed by atoms with Gasteiger partial charge in [0.15, 0.2) is 0 Å². The SMILES string of the molecule is CN(C)c1ccc([C@@H]2CC(c3ccccc3)=NN2C(=O)c2ccc(F)cc2)cc1. The highest BCUT2D eigenvalue weighted by molar-refractivity contribution is 6.05. The molecule has 1 heterocycles. The smallest absolute Gasteiger partial charge is 0.274 e. The highest BCUT2D eigenvalue weighted by Crippen LogP contribution is 2.34. The first-order valence-corrected chi connectivity index (χ1v) is 9.52. The second-order valence-corrected chi connectivity index (χ2v) is 7.28. The largest absolute Gasteiger partial charge is 0.378 e. The minimum absolute atomic E-state index is 0.209. The van der Waals surface area contributed by atoms with E-state index < -0.39 is 0 Å². The molecule has 0 spiro atoms. The monoisotopic (exact) mass is 387 g/mol. The number of benzene rings is 3. The molecule has 0 bridgehead atoms. The maximum Gasteiger partial charge on any atom is 0.274 e. The summed E-state index contributed by atoms with van der Waals surface area (Å²) in [5.74, 6) is -0.607. The maximum atomic E-state index is 13.3. The lowest BCUT2D eigenvalue weighted by molar-refractivity contribution is 0.0711. The molecule has 3 aromatic carbocycles. The molecule has 1 amide bonds. The summed E-state index contributed by atoms with van der Waals surface area (Å²) in [5.41, 5.74) is 4.38. The van der Waals surface area contributed by atoms with Crippen molar-refractivity contribution in [2.24, 2.45) is 5.10 Å². The lowest BCUT2D eigenvalue weighted by Gasteiger charge is -2.23. The summed E-state index contributed by atoms with van der Waals surface area (Å²) in [6, 6.07) is 23.4. The van der Waals surface area contributed by atoms with Crippen LogP contribution in [-0.4, -0.2) is 30.7 Å². The zero-order valence-electron chi connectivity index (χ0n) is 16.4. The summed E-state index contributed by atoms with van der Waals surface area (Å²) >= 11 is 0. The van der Waals surface area contributed by atoms with E-state index in [1.807, 2.05) is 73.6 Å². The first kappa shape index (κ1) is 18.9. The van der Waals surface area contributed by atoms with E-state index in [0.29, 0.717) is 12.0 Å². The third-order valence-corrected chi connectivity index (χ3v) is 5.11. The van der Waals surface area contributed by atoms with Gasteiger partial charge in [0, 0.05) is 31.8 Å². The van der Waals surface area contributed by atoms with Crippen molar-refractivity contribution in [2.75, 3.05) is 19.0 Å². The van der Waals surface area contributed by atoms with E-state index in [0.717, 1.165) is 22.5 Å². The van der Waals surface area contributed by atoms with Gasteiger partial charge in [-0.2, -0.15) is 5.10 Å². The van der Waals surface area contributed by atoms with Crippen LogP contribution in [0.3, 0.4) is 0 Å². The predicted molar refractivity (Wildman–Crippen MR) is 114 cm³/mol. The van der Waals surface area contributed by atoms with Crippen molar-refractivity contribution in [1.29, 1.82) is 0 Å². The Morgan fingerprint density at radius 1 is 0.966 bits per heavy atom. The number of anilines is 1. The van der Waals surface area contributed by atoms with Crippen LogP contribution in [0.1, 0.15) is 33.9 Å². The van der Waals surface area contributed by atoms with Gasteiger partial charge < -0.3 is 4.90 Å². The second-order valence-electron chi connectivity index (χ2n) is 7.28. The van der Waals surface area contributed by atoms with Gasteiger partial charge in [-0.15, -0.1) is 0 Å². The molecule has 0 aliphatic carbocycles. The fraction of sp³-hybridized carbons (Fsp3) is 0.167. The zero-order valence-corrected chi connectivity index (χ0v) is 16.4. The van der Waals surface area contributed by atoms with E-state index in [1.165, 1.54) is 29.3 Å². The van der Waals surface area contributed by atoms with Gasteiger partial charge in [-0.25, -0.2) is 9.40 Å². The van der Waals surface area contributed by atoms with Gasteiger partial charge in [0.1, 0.15) is 5.82 Å². The predicted octanol–water partition coefficient (Wildman–Crippen LogP) is 4.88. The van der Waals surface area contributed by atoms with E-state index >= 15 is 0 Å². The molecule has 1 atom stereocenters.